The molecule has 0 amide bonds. The fourth-order valence-corrected chi connectivity index (χ4v) is 1.54. The van der Waals surface area contributed by atoms with E-state index in [4.69, 9.17) is 0 Å². The number of esters is 2. The molecule has 0 aliphatic heterocycles. The molecule has 0 aromatic heterocycles. The van der Waals surface area contributed by atoms with Crippen LogP contribution in [0.3, 0.4) is 0 Å². The van der Waals surface area contributed by atoms with Crippen molar-refractivity contribution in [1.29, 1.82) is 0 Å². The number of halogens is 1. The molecule has 1 aromatic rings. The first-order valence-electron chi connectivity index (χ1n) is 5.75. The highest BCUT2D eigenvalue weighted by Crippen LogP contribution is 2.18. The Hall–Kier alpha value is -2.11. The van der Waals surface area contributed by atoms with Gasteiger partial charge >= 0.3 is 11.9 Å². The van der Waals surface area contributed by atoms with Gasteiger partial charge in [0.1, 0.15) is 11.9 Å². The van der Waals surface area contributed by atoms with Crippen molar-refractivity contribution in [3.63, 3.8) is 0 Å². The third-order valence-corrected chi connectivity index (χ3v) is 2.61. The molecule has 0 heterocycles. The molecule has 0 radical (unpaired) electrons. The molecule has 1 unspecified atom stereocenters. The molecule has 6 heteroatoms. The summed E-state index contributed by atoms with van der Waals surface area (Å²) in [5.74, 6) is -1.63. The molecule has 5 nitrogen and oxygen atoms in total. The first-order valence-corrected chi connectivity index (χ1v) is 5.75. The number of ether oxygens (including phenoxy) is 2. The zero-order valence-electron chi connectivity index (χ0n) is 11.0. The van der Waals surface area contributed by atoms with Crippen LogP contribution in [-0.4, -0.2) is 32.2 Å². The van der Waals surface area contributed by atoms with Crippen LogP contribution in [0, 0.1) is 5.82 Å². The number of carbonyl (C=O) groups excluding carboxylic acids is 2. The van der Waals surface area contributed by atoms with E-state index in [0.29, 0.717) is 6.42 Å². The Morgan fingerprint density at radius 3 is 2.53 bits per heavy atom. The molecule has 0 spiro atoms. The highest BCUT2D eigenvalue weighted by atomic mass is 19.1. The second-order valence-corrected chi connectivity index (χ2v) is 3.81. The van der Waals surface area contributed by atoms with Crippen molar-refractivity contribution in [2.24, 2.45) is 0 Å². The van der Waals surface area contributed by atoms with Crippen LogP contribution in [0.5, 0.6) is 0 Å². The van der Waals surface area contributed by atoms with Crippen molar-refractivity contribution in [2.45, 2.75) is 19.4 Å². The van der Waals surface area contributed by atoms with E-state index in [0.717, 1.165) is 6.07 Å². The van der Waals surface area contributed by atoms with E-state index >= 15 is 0 Å². The molecular weight excluding hydrogens is 253 g/mol. The Labute approximate surface area is 110 Å². The fourth-order valence-electron chi connectivity index (χ4n) is 1.54. The first kappa shape index (κ1) is 14.9. The number of hydrogen-bond acceptors (Lipinski definition) is 5. The summed E-state index contributed by atoms with van der Waals surface area (Å²) in [7, 11) is 2.50. The van der Waals surface area contributed by atoms with Crippen LogP contribution in [0.2, 0.25) is 0 Å². The Morgan fingerprint density at radius 1 is 1.32 bits per heavy atom. The highest BCUT2D eigenvalue weighted by Gasteiger charge is 2.19. The Kier molecular flexibility index (Phi) is 5.29. The minimum Gasteiger partial charge on any atom is -0.467 e. The van der Waals surface area contributed by atoms with E-state index in [1.54, 1.807) is 6.92 Å². The molecule has 0 aliphatic carbocycles. The summed E-state index contributed by atoms with van der Waals surface area (Å²) in [6, 6.07) is 3.07. The van der Waals surface area contributed by atoms with E-state index in [1.165, 1.54) is 26.4 Å². The zero-order chi connectivity index (χ0) is 14.4. The normalized spacial score (nSPS) is 11.6. The molecule has 0 fully saturated rings. The Balaban J connectivity index is 2.99. The second kappa shape index (κ2) is 6.72. The van der Waals surface area contributed by atoms with Gasteiger partial charge in [0.15, 0.2) is 0 Å². The van der Waals surface area contributed by atoms with E-state index < -0.39 is 23.8 Å². The molecule has 1 N–H and O–H groups in total. The SMILES string of the molecule is CCC(Nc1cc(C(=O)OC)ccc1F)C(=O)OC. The fraction of sp³-hybridized carbons (Fsp3) is 0.385. The number of methoxy groups -OCH3 is 2. The monoisotopic (exact) mass is 269 g/mol. The molecule has 19 heavy (non-hydrogen) atoms. The number of hydrogen-bond donors (Lipinski definition) is 1. The van der Waals surface area contributed by atoms with Crippen molar-refractivity contribution in [1.82, 2.24) is 0 Å². The van der Waals surface area contributed by atoms with Crippen LogP contribution in [0.4, 0.5) is 10.1 Å². The van der Waals surface area contributed by atoms with Gasteiger partial charge in [-0.05, 0) is 24.6 Å². The molecule has 0 saturated carbocycles. The van der Waals surface area contributed by atoms with Gasteiger partial charge in [0, 0.05) is 0 Å². The lowest BCUT2D eigenvalue weighted by Gasteiger charge is -2.16. The van der Waals surface area contributed by atoms with Gasteiger partial charge in [-0.1, -0.05) is 6.92 Å². The van der Waals surface area contributed by atoms with Gasteiger partial charge < -0.3 is 14.8 Å². The lowest BCUT2D eigenvalue weighted by molar-refractivity contribution is -0.141. The van der Waals surface area contributed by atoms with Crippen molar-refractivity contribution >= 4 is 17.6 Å². The molecule has 0 bridgehead atoms. The molecular formula is C13H16FNO4. The van der Waals surface area contributed by atoms with Crippen molar-refractivity contribution < 1.29 is 23.5 Å². The lowest BCUT2D eigenvalue weighted by Crippen LogP contribution is -2.30. The van der Waals surface area contributed by atoms with Gasteiger partial charge in [0.2, 0.25) is 0 Å². The summed E-state index contributed by atoms with van der Waals surface area (Å²) in [5.41, 5.74) is 0.256. The topological polar surface area (TPSA) is 64.6 Å². The molecule has 1 atom stereocenters. The number of benzene rings is 1. The quantitative estimate of drug-likeness (QED) is 0.828. The maximum atomic E-state index is 13.6. The molecule has 104 valence electrons. The van der Waals surface area contributed by atoms with Crippen LogP contribution < -0.4 is 5.32 Å². The van der Waals surface area contributed by atoms with Crippen molar-refractivity contribution in [3.05, 3.63) is 29.6 Å². The maximum Gasteiger partial charge on any atom is 0.337 e. The standard InChI is InChI=1S/C13H16FNO4/c1-4-10(13(17)19-3)15-11-7-8(12(16)18-2)5-6-9(11)14/h5-7,10,15H,4H2,1-3H3. The van der Waals surface area contributed by atoms with Gasteiger partial charge in [0.05, 0.1) is 25.5 Å². The third kappa shape index (κ3) is 3.67. The number of rotatable bonds is 5. The summed E-state index contributed by atoms with van der Waals surface area (Å²) in [4.78, 5) is 22.8. The summed E-state index contributed by atoms with van der Waals surface area (Å²) in [6.45, 7) is 1.76. The van der Waals surface area contributed by atoms with E-state index in [2.05, 4.69) is 14.8 Å². The van der Waals surface area contributed by atoms with Gasteiger partial charge in [-0.3, -0.25) is 0 Å². The van der Waals surface area contributed by atoms with Crippen LogP contribution in [0.25, 0.3) is 0 Å². The van der Waals surface area contributed by atoms with E-state index in [9.17, 15) is 14.0 Å². The zero-order valence-corrected chi connectivity index (χ0v) is 11.0. The molecule has 1 rings (SSSR count). The minimum atomic E-state index is -0.674. The predicted molar refractivity (Wildman–Crippen MR) is 67.5 cm³/mol. The van der Waals surface area contributed by atoms with Crippen LogP contribution in [0.15, 0.2) is 18.2 Å². The molecule has 0 aliphatic rings. The van der Waals surface area contributed by atoms with E-state index in [1.807, 2.05) is 0 Å². The summed E-state index contributed by atoms with van der Waals surface area (Å²) >= 11 is 0. The largest absolute Gasteiger partial charge is 0.467 e. The maximum absolute atomic E-state index is 13.6. The van der Waals surface area contributed by atoms with Gasteiger partial charge in [-0.25, -0.2) is 14.0 Å². The highest BCUT2D eigenvalue weighted by molar-refractivity contribution is 5.90. The van der Waals surface area contributed by atoms with Crippen molar-refractivity contribution in [3.8, 4) is 0 Å². The third-order valence-electron chi connectivity index (χ3n) is 2.61. The summed E-state index contributed by atoms with van der Waals surface area (Å²) in [5, 5.41) is 2.71. The first-order chi connectivity index (χ1) is 9.03. The van der Waals surface area contributed by atoms with Crippen LogP contribution >= 0.6 is 0 Å². The molecule has 0 saturated heterocycles. The lowest BCUT2D eigenvalue weighted by atomic mass is 10.1. The number of anilines is 1. The average molecular weight is 269 g/mol. The number of carbonyl (C=O) groups is 2. The minimum absolute atomic E-state index is 0.0557. The van der Waals surface area contributed by atoms with Crippen LogP contribution in [0.1, 0.15) is 23.7 Å². The average Bonchev–Trinajstić information content (AvgIpc) is 2.44. The summed E-state index contributed by atoms with van der Waals surface area (Å²) < 4.78 is 22.8. The second-order valence-electron chi connectivity index (χ2n) is 3.81. The smallest absolute Gasteiger partial charge is 0.337 e. The molecule has 1 aromatic carbocycles. The van der Waals surface area contributed by atoms with Gasteiger partial charge in [-0.15, -0.1) is 0 Å². The van der Waals surface area contributed by atoms with Crippen LogP contribution in [-0.2, 0) is 14.3 Å². The van der Waals surface area contributed by atoms with Gasteiger partial charge in [-0.2, -0.15) is 0 Å². The van der Waals surface area contributed by atoms with E-state index in [-0.39, 0.29) is 11.3 Å². The summed E-state index contributed by atoms with van der Waals surface area (Å²) in [6.07, 6.45) is 0.425. The van der Waals surface area contributed by atoms with Crippen molar-refractivity contribution in [2.75, 3.05) is 19.5 Å². The Morgan fingerprint density at radius 2 is 2.00 bits per heavy atom. The van der Waals surface area contributed by atoms with Gasteiger partial charge in [0.25, 0.3) is 0 Å². The predicted octanol–water partition coefficient (Wildman–Crippen LogP) is 1.98. The number of nitrogens with one attached hydrogen (secondary N) is 1. The Bertz CT molecular complexity index is 476.